The van der Waals surface area contributed by atoms with Crippen LogP contribution in [0.2, 0.25) is 0 Å². The Morgan fingerprint density at radius 3 is 2.58 bits per heavy atom. The molecule has 1 saturated carbocycles. The maximum absolute atomic E-state index is 11.5. The molecule has 0 aromatic rings. The summed E-state index contributed by atoms with van der Waals surface area (Å²) in [5.41, 5.74) is 0.0151. The summed E-state index contributed by atoms with van der Waals surface area (Å²) in [5, 5.41) is 0. The zero-order valence-corrected chi connectivity index (χ0v) is 17.8. The first-order valence-corrected chi connectivity index (χ1v) is 9.53. The fraction of sp³-hybridized carbons (Fsp3) is 0.737. The Bertz CT molecular complexity index is 470. The van der Waals surface area contributed by atoms with E-state index >= 15 is 0 Å². The average Bonchev–Trinajstić information content (AvgIpc) is 2.46. The van der Waals surface area contributed by atoms with Crippen LogP contribution in [-0.4, -0.2) is 33.1 Å². The quantitative estimate of drug-likeness (QED) is 0.244. The van der Waals surface area contributed by atoms with Gasteiger partial charge in [0.05, 0.1) is 13.2 Å². The van der Waals surface area contributed by atoms with Gasteiger partial charge in [0.2, 0.25) is 0 Å². The predicted octanol–water partition coefficient (Wildman–Crippen LogP) is 4.73. The Hall–Kier alpha value is -0.400. The van der Waals surface area contributed by atoms with Gasteiger partial charge in [-0.25, -0.2) is 4.79 Å². The van der Waals surface area contributed by atoms with Gasteiger partial charge < -0.3 is 14.2 Å². The van der Waals surface area contributed by atoms with Crippen LogP contribution in [0.3, 0.4) is 0 Å². The smallest absolute Gasteiger partial charge is 0.330 e. The van der Waals surface area contributed by atoms with Gasteiger partial charge >= 0.3 is 5.97 Å². The van der Waals surface area contributed by atoms with Gasteiger partial charge in [0.1, 0.15) is 6.79 Å². The fourth-order valence-electron chi connectivity index (χ4n) is 4.38. The molecule has 0 aromatic heterocycles. The van der Waals surface area contributed by atoms with Crippen molar-refractivity contribution in [3.63, 3.8) is 0 Å². The zero-order valence-electron chi connectivity index (χ0n) is 15.7. The highest BCUT2D eigenvalue weighted by Crippen LogP contribution is 2.50. The Morgan fingerprint density at radius 1 is 1.38 bits per heavy atom. The lowest BCUT2D eigenvalue weighted by molar-refractivity contribution is -0.135. The van der Waals surface area contributed by atoms with Crippen LogP contribution in [0, 0.1) is 23.2 Å². The SMILES string of the molecule is COCO[C@H](/C=C/C(=O)OC)[C@@H]1[C@@H](C)C[C@@H](C)C[C@@]1(C)/C=C(\C)I. The van der Waals surface area contributed by atoms with E-state index in [4.69, 9.17) is 14.2 Å². The third-order valence-corrected chi connectivity index (χ3v) is 5.13. The molecule has 1 aliphatic carbocycles. The second-order valence-electron chi connectivity index (χ2n) is 7.21. The molecule has 0 bridgehead atoms. The largest absolute Gasteiger partial charge is 0.466 e. The number of ether oxygens (including phenoxy) is 3. The third kappa shape index (κ3) is 6.15. The van der Waals surface area contributed by atoms with Gasteiger partial charge in [0, 0.05) is 19.1 Å². The number of hydrogen-bond donors (Lipinski definition) is 0. The number of rotatable bonds is 7. The molecule has 5 atom stereocenters. The molecule has 0 saturated heterocycles. The molecule has 1 rings (SSSR count). The lowest BCUT2D eigenvalue weighted by Gasteiger charge is -2.49. The number of hydrogen-bond acceptors (Lipinski definition) is 4. The van der Waals surface area contributed by atoms with Crippen LogP contribution in [-0.2, 0) is 19.0 Å². The first-order valence-electron chi connectivity index (χ1n) is 8.45. The molecule has 1 aliphatic rings. The highest BCUT2D eigenvalue weighted by molar-refractivity contribution is 14.1. The summed E-state index contributed by atoms with van der Waals surface area (Å²) in [6.45, 7) is 9.24. The van der Waals surface area contributed by atoms with E-state index in [-0.39, 0.29) is 30.2 Å². The van der Waals surface area contributed by atoms with Crippen LogP contribution < -0.4 is 0 Å². The standard InChI is InChI=1S/C19H31IO4/c1-13-9-14(2)18(19(4,10-13)11-15(3)20)16(24-12-22-5)7-8-17(21)23-6/h7-8,11,13-14,16,18H,9-10,12H2,1-6H3/b8-7+,15-11+/t13-,14+,16-,18+,19+/m1/s1. The van der Waals surface area contributed by atoms with E-state index < -0.39 is 0 Å². The highest BCUT2D eigenvalue weighted by atomic mass is 127. The Kier molecular flexibility index (Phi) is 8.95. The van der Waals surface area contributed by atoms with E-state index in [9.17, 15) is 4.79 Å². The molecule has 5 heteroatoms. The summed E-state index contributed by atoms with van der Waals surface area (Å²) in [6.07, 6.45) is 7.74. The van der Waals surface area contributed by atoms with Crippen molar-refractivity contribution in [2.24, 2.45) is 23.2 Å². The Labute approximate surface area is 160 Å². The van der Waals surface area contributed by atoms with Crippen molar-refractivity contribution in [3.05, 3.63) is 21.8 Å². The monoisotopic (exact) mass is 450 g/mol. The molecule has 138 valence electrons. The van der Waals surface area contributed by atoms with Gasteiger partial charge in [0.15, 0.2) is 0 Å². The van der Waals surface area contributed by atoms with Gasteiger partial charge in [-0.2, -0.15) is 0 Å². The van der Waals surface area contributed by atoms with E-state index in [1.807, 2.05) is 6.08 Å². The minimum Gasteiger partial charge on any atom is -0.466 e. The molecular formula is C19H31IO4. The van der Waals surface area contributed by atoms with Crippen LogP contribution in [0.4, 0.5) is 0 Å². The minimum atomic E-state index is -0.361. The molecule has 0 aliphatic heterocycles. The second-order valence-corrected chi connectivity index (χ2v) is 8.91. The predicted molar refractivity (Wildman–Crippen MR) is 105 cm³/mol. The Morgan fingerprint density at radius 2 is 2.04 bits per heavy atom. The van der Waals surface area contributed by atoms with Crippen molar-refractivity contribution in [2.75, 3.05) is 21.0 Å². The van der Waals surface area contributed by atoms with Crippen molar-refractivity contribution >= 4 is 28.6 Å². The summed E-state index contributed by atoms with van der Waals surface area (Å²) in [7, 11) is 3.00. The minimum absolute atomic E-state index is 0.0151. The van der Waals surface area contributed by atoms with Crippen LogP contribution >= 0.6 is 22.6 Å². The topological polar surface area (TPSA) is 44.8 Å². The number of esters is 1. The number of carbonyl (C=O) groups is 1. The molecular weight excluding hydrogens is 419 g/mol. The lowest BCUT2D eigenvalue weighted by atomic mass is 9.58. The van der Waals surface area contributed by atoms with Crippen LogP contribution in [0.25, 0.3) is 0 Å². The number of allylic oxidation sites excluding steroid dienone is 2. The van der Waals surface area contributed by atoms with Crippen molar-refractivity contribution in [1.82, 2.24) is 0 Å². The summed E-state index contributed by atoms with van der Waals surface area (Å²) in [4.78, 5) is 11.5. The second kappa shape index (κ2) is 9.92. The van der Waals surface area contributed by atoms with Crippen LogP contribution in [0.5, 0.6) is 0 Å². The number of methoxy groups -OCH3 is 2. The molecule has 0 radical (unpaired) electrons. The number of halogens is 1. The average molecular weight is 450 g/mol. The first-order chi connectivity index (χ1) is 11.2. The fourth-order valence-corrected chi connectivity index (χ4v) is 5.09. The van der Waals surface area contributed by atoms with Gasteiger partial charge in [0.25, 0.3) is 0 Å². The summed E-state index contributed by atoms with van der Waals surface area (Å²) < 4.78 is 17.1. The molecule has 0 spiro atoms. The molecule has 0 unspecified atom stereocenters. The van der Waals surface area contributed by atoms with E-state index in [1.165, 1.54) is 16.8 Å². The van der Waals surface area contributed by atoms with Crippen LogP contribution in [0.1, 0.15) is 40.5 Å². The van der Waals surface area contributed by atoms with Gasteiger partial charge in [-0.1, -0.05) is 26.8 Å². The van der Waals surface area contributed by atoms with Crippen molar-refractivity contribution in [1.29, 1.82) is 0 Å². The van der Waals surface area contributed by atoms with E-state index in [2.05, 4.69) is 56.4 Å². The molecule has 0 amide bonds. The Balaban J connectivity index is 3.19. The van der Waals surface area contributed by atoms with E-state index in [1.54, 1.807) is 7.11 Å². The molecule has 24 heavy (non-hydrogen) atoms. The molecule has 0 aromatic carbocycles. The molecule has 0 heterocycles. The van der Waals surface area contributed by atoms with Gasteiger partial charge in [-0.3, -0.25) is 0 Å². The maximum Gasteiger partial charge on any atom is 0.330 e. The zero-order chi connectivity index (χ0) is 18.3. The van der Waals surface area contributed by atoms with Crippen LogP contribution in [0.15, 0.2) is 21.8 Å². The molecule has 4 nitrogen and oxygen atoms in total. The molecule has 0 N–H and O–H groups in total. The van der Waals surface area contributed by atoms with Crippen molar-refractivity contribution in [3.8, 4) is 0 Å². The molecule has 1 fully saturated rings. The summed E-state index contributed by atoms with van der Waals surface area (Å²) in [6, 6.07) is 0. The normalized spacial score (nSPS) is 32.8. The lowest BCUT2D eigenvalue weighted by Crippen LogP contribution is -2.45. The number of carbonyl (C=O) groups excluding carboxylic acids is 1. The third-order valence-electron chi connectivity index (χ3n) is 4.82. The van der Waals surface area contributed by atoms with Gasteiger partial charge in [-0.05, 0) is 69.3 Å². The first kappa shape index (κ1) is 21.6. The van der Waals surface area contributed by atoms with E-state index in [0.29, 0.717) is 11.8 Å². The summed E-state index contributed by atoms with van der Waals surface area (Å²) in [5.74, 6) is 1.06. The van der Waals surface area contributed by atoms with Crippen molar-refractivity contribution < 1.29 is 19.0 Å². The van der Waals surface area contributed by atoms with Gasteiger partial charge in [-0.15, -0.1) is 0 Å². The van der Waals surface area contributed by atoms with E-state index in [0.717, 1.165) is 12.8 Å². The highest BCUT2D eigenvalue weighted by Gasteiger charge is 2.45. The summed E-state index contributed by atoms with van der Waals surface area (Å²) >= 11 is 2.37. The van der Waals surface area contributed by atoms with Crippen molar-refractivity contribution in [2.45, 2.75) is 46.6 Å². The maximum atomic E-state index is 11.5.